The van der Waals surface area contributed by atoms with Crippen LogP contribution in [0, 0.1) is 0 Å². The Morgan fingerprint density at radius 3 is 2.32 bits per heavy atom. The maximum absolute atomic E-state index is 11.7. The van der Waals surface area contributed by atoms with Gasteiger partial charge >= 0.3 is 12.0 Å². The van der Waals surface area contributed by atoms with E-state index in [1.807, 2.05) is 0 Å². The molecule has 0 bridgehead atoms. The fraction of sp³-hybridized carbons (Fsp3) is 0.750. The molecular weight excluding hydrogens is 250 g/mol. The highest BCUT2D eigenvalue weighted by Gasteiger charge is 2.35. The van der Waals surface area contributed by atoms with Gasteiger partial charge in [0.1, 0.15) is 0 Å². The fourth-order valence-corrected chi connectivity index (χ4v) is 2.40. The minimum absolute atomic E-state index is 0.0829. The molecule has 0 aromatic carbocycles. The van der Waals surface area contributed by atoms with Gasteiger partial charge in [-0.15, -0.1) is 0 Å². The number of aliphatic carboxylic acids is 1. The van der Waals surface area contributed by atoms with E-state index in [9.17, 15) is 14.4 Å². The maximum Gasteiger partial charge on any atom is 0.315 e. The standard InChI is InChI=1S/C12H21N3O4/c1-13-9(16)8-14-11(19)15-12(7-10(17)18)5-3-2-4-6-12/h2-8H2,1H3,(H,13,16)(H,17,18)(H2,14,15,19). The van der Waals surface area contributed by atoms with Gasteiger partial charge in [0, 0.05) is 7.05 Å². The van der Waals surface area contributed by atoms with Crippen LogP contribution in [0.25, 0.3) is 0 Å². The van der Waals surface area contributed by atoms with Crippen LogP contribution < -0.4 is 16.0 Å². The van der Waals surface area contributed by atoms with Crippen LogP contribution in [0.4, 0.5) is 4.79 Å². The highest BCUT2D eigenvalue weighted by Crippen LogP contribution is 2.31. The third-order valence-corrected chi connectivity index (χ3v) is 3.37. The minimum Gasteiger partial charge on any atom is -0.481 e. The molecule has 0 spiro atoms. The smallest absolute Gasteiger partial charge is 0.315 e. The molecule has 0 radical (unpaired) electrons. The topological polar surface area (TPSA) is 108 Å². The van der Waals surface area contributed by atoms with Crippen LogP contribution in [0.3, 0.4) is 0 Å². The van der Waals surface area contributed by atoms with E-state index >= 15 is 0 Å². The van der Waals surface area contributed by atoms with Gasteiger partial charge in [0.25, 0.3) is 0 Å². The van der Waals surface area contributed by atoms with Crippen molar-refractivity contribution in [2.24, 2.45) is 0 Å². The second-order valence-electron chi connectivity index (χ2n) is 4.89. The van der Waals surface area contributed by atoms with Gasteiger partial charge in [-0.3, -0.25) is 9.59 Å². The lowest BCUT2D eigenvalue weighted by atomic mass is 9.79. The lowest BCUT2D eigenvalue weighted by molar-refractivity contribution is -0.139. The van der Waals surface area contributed by atoms with Crippen molar-refractivity contribution in [2.45, 2.75) is 44.1 Å². The number of carboxylic acids is 1. The summed E-state index contributed by atoms with van der Waals surface area (Å²) in [6.07, 6.45) is 4.11. The number of carbonyl (C=O) groups is 3. The monoisotopic (exact) mass is 271 g/mol. The molecule has 0 saturated heterocycles. The number of amides is 3. The first kappa shape index (κ1) is 15.3. The fourth-order valence-electron chi connectivity index (χ4n) is 2.40. The summed E-state index contributed by atoms with van der Waals surface area (Å²) in [4.78, 5) is 33.7. The van der Waals surface area contributed by atoms with E-state index in [2.05, 4.69) is 16.0 Å². The van der Waals surface area contributed by atoms with Gasteiger partial charge in [0.05, 0.1) is 18.5 Å². The molecule has 1 aliphatic carbocycles. The zero-order valence-corrected chi connectivity index (χ0v) is 11.1. The number of carbonyl (C=O) groups excluding carboxylic acids is 2. The molecule has 0 aromatic rings. The number of rotatable bonds is 5. The van der Waals surface area contributed by atoms with E-state index in [0.29, 0.717) is 12.8 Å². The van der Waals surface area contributed by atoms with Crippen molar-refractivity contribution >= 4 is 17.9 Å². The predicted octanol–water partition coefficient (Wildman–Crippen LogP) is 0.209. The molecule has 3 amide bonds. The average Bonchev–Trinajstić information content (AvgIpc) is 2.35. The van der Waals surface area contributed by atoms with E-state index in [-0.39, 0.29) is 18.9 Å². The molecule has 0 aromatic heterocycles. The van der Waals surface area contributed by atoms with Gasteiger partial charge < -0.3 is 21.1 Å². The third kappa shape index (κ3) is 5.15. The Hall–Kier alpha value is -1.79. The summed E-state index contributed by atoms with van der Waals surface area (Å²) in [5.74, 6) is -1.22. The van der Waals surface area contributed by atoms with Gasteiger partial charge in [-0.2, -0.15) is 0 Å². The number of nitrogens with one attached hydrogen (secondary N) is 3. The summed E-state index contributed by atoms with van der Waals surface area (Å²) < 4.78 is 0. The molecule has 4 N–H and O–H groups in total. The van der Waals surface area contributed by atoms with Crippen LogP contribution in [0.5, 0.6) is 0 Å². The summed E-state index contributed by atoms with van der Waals surface area (Å²) in [6, 6.07) is -0.494. The molecular formula is C12H21N3O4. The zero-order valence-electron chi connectivity index (χ0n) is 11.1. The van der Waals surface area contributed by atoms with Crippen LogP contribution in [-0.2, 0) is 9.59 Å². The average molecular weight is 271 g/mol. The van der Waals surface area contributed by atoms with Crippen molar-refractivity contribution in [3.8, 4) is 0 Å². The quantitative estimate of drug-likeness (QED) is 0.573. The second kappa shape index (κ2) is 6.96. The number of likely N-dealkylation sites (N-methyl/N-ethyl adjacent to an activating group) is 1. The van der Waals surface area contributed by atoms with Crippen molar-refractivity contribution in [3.05, 3.63) is 0 Å². The van der Waals surface area contributed by atoms with Crippen LogP contribution in [0.15, 0.2) is 0 Å². The van der Waals surface area contributed by atoms with Gasteiger partial charge in [0.15, 0.2) is 0 Å². The Morgan fingerprint density at radius 2 is 1.79 bits per heavy atom. The molecule has 7 nitrogen and oxygen atoms in total. The first-order valence-electron chi connectivity index (χ1n) is 6.46. The van der Waals surface area contributed by atoms with E-state index in [1.165, 1.54) is 7.05 Å². The SMILES string of the molecule is CNC(=O)CNC(=O)NC1(CC(=O)O)CCCCC1. The van der Waals surface area contributed by atoms with Crippen LogP contribution in [-0.4, -0.2) is 42.1 Å². The molecule has 0 unspecified atom stereocenters. The number of hydrogen-bond donors (Lipinski definition) is 4. The van der Waals surface area contributed by atoms with Crippen LogP contribution >= 0.6 is 0 Å². The number of carboxylic acid groups (broad SMARTS) is 1. The summed E-state index contributed by atoms with van der Waals surface area (Å²) in [7, 11) is 1.48. The Kier molecular flexibility index (Phi) is 5.59. The van der Waals surface area contributed by atoms with Gasteiger partial charge in [0.2, 0.25) is 5.91 Å². The molecule has 7 heteroatoms. The summed E-state index contributed by atoms with van der Waals surface area (Å²) >= 11 is 0. The van der Waals surface area contributed by atoms with Crippen molar-refractivity contribution in [1.29, 1.82) is 0 Å². The summed E-state index contributed by atoms with van der Waals surface area (Å²) in [6.45, 7) is -0.120. The highest BCUT2D eigenvalue weighted by molar-refractivity contribution is 5.84. The van der Waals surface area contributed by atoms with Crippen molar-refractivity contribution < 1.29 is 19.5 Å². The van der Waals surface area contributed by atoms with Gasteiger partial charge in [-0.1, -0.05) is 19.3 Å². The second-order valence-corrected chi connectivity index (χ2v) is 4.89. The molecule has 0 atom stereocenters. The third-order valence-electron chi connectivity index (χ3n) is 3.37. The van der Waals surface area contributed by atoms with Gasteiger partial charge in [-0.25, -0.2) is 4.79 Å². The summed E-state index contributed by atoms with van der Waals surface area (Å²) in [5.41, 5.74) is -0.684. The maximum atomic E-state index is 11.7. The Balaban J connectivity index is 2.54. The first-order valence-corrected chi connectivity index (χ1v) is 6.46. The lowest BCUT2D eigenvalue weighted by Crippen LogP contribution is -2.55. The Morgan fingerprint density at radius 1 is 1.16 bits per heavy atom. The first-order chi connectivity index (χ1) is 8.97. The summed E-state index contributed by atoms with van der Waals surface area (Å²) in [5, 5.41) is 16.5. The van der Waals surface area contributed by atoms with Crippen molar-refractivity contribution in [3.63, 3.8) is 0 Å². The number of hydrogen-bond acceptors (Lipinski definition) is 3. The van der Waals surface area contributed by atoms with E-state index in [0.717, 1.165) is 19.3 Å². The predicted molar refractivity (Wildman–Crippen MR) is 68.7 cm³/mol. The number of urea groups is 1. The Bertz CT molecular complexity index is 351. The van der Waals surface area contributed by atoms with Crippen molar-refractivity contribution in [2.75, 3.05) is 13.6 Å². The Labute approximate surface area is 112 Å². The molecule has 1 saturated carbocycles. The highest BCUT2D eigenvalue weighted by atomic mass is 16.4. The molecule has 19 heavy (non-hydrogen) atoms. The van der Waals surface area contributed by atoms with E-state index in [4.69, 9.17) is 5.11 Å². The lowest BCUT2D eigenvalue weighted by Gasteiger charge is -2.36. The molecule has 0 aliphatic heterocycles. The zero-order chi connectivity index (χ0) is 14.3. The normalized spacial score (nSPS) is 17.3. The van der Waals surface area contributed by atoms with Crippen LogP contribution in [0.1, 0.15) is 38.5 Å². The van der Waals surface area contributed by atoms with Crippen LogP contribution in [0.2, 0.25) is 0 Å². The van der Waals surface area contributed by atoms with Crippen molar-refractivity contribution in [1.82, 2.24) is 16.0 Å². The molecule has 0 heterocycles. The van der Waals surface area contributed by atoms with E-state index < -0.39 is 17.5 Å². The van der Waals surface area contributed by atoms with E-state index in [1.54, 1.807) is 0 Å². The minimum atomic E-state index is -0.923. The molecule has 1 aliphatic rings. The molecule has 1 rings (SSSR count). The largest absolute Gasteiger partial charge is 0.481 e. The van der Waals surface area contributed by atoms with Gasteiger partial charge in [-0.05, 0) is 12.8 Å². The molecule has 108 valence electrons. The molecule has 1 fully saturated rings.